The van der Waals surface area contributed by atoms with Gasteiger partial charge in [0.15, 0.2) is 0 Å². The summed E-state index contributed by atoms with van der Waals surface area (Å²) in [7, 11) is 1.64. The number of para-hydroxylation sites is 1. The van der Waals surface area contributed by atoms with Crippen molar-refractivity contribution in [3.63, 3.8) is 0 Å². The lowest BCUT2D eigenvalue weighted by atomic mass is 10.1. The van der Waals surface area contributed by atoms with E-state index in [1.54, 1.807) is 7.11 Å². The largest absolute Gasteiger partial charge is 0.494 e. The molecule has 1 atom stereocenters. The van der Waals surface area contributed by atoms with E-state index in [1.165, 1.54) is 23.1 Å². The van der Waals surface area contributed by atoms with E-state index < -0.39 is 0 Å². The van der Waals surface area contributed by atoms with Gasteiger partial charge in [0.2, 0.25) is 11.0 Å². The van der Waals surface area contributed by atoms with Gasteiger partial charge in [-0.2, -0.15) is 0 Å². The second-order valence-corrected chi connectivity index (χ2v) is 8.28. The van der Waals surface area contributed by atoms with E-state index >= 15 is 0 Å². The third kappa shape index (κ3) is 4.39. The minimum absolute atomic E-state index is 0.0825. The normalized spacial score (nSPS) is 12.1. The number of hydrogen-bond acceptors (Lipinski definition) is 7. The molecule has 1 unspecified atom stereocenters. The highest BCUT2D eigenvalue weighted by atomic mass is 32.2. The molecule has 3 aromatic rings. The summed E-state index contributed by atoms with van der Waals surface area (Å²) >= 11 is 2.86. The summed E-state index contributed by atoms with van der Waals surface area (Å²) in [6.45, 7) is 6.05. The van der Waals surface area contributed by atoms with Crippen LogP contribution in [0.3, 0.4) is 0 Å². The number of nitrogens with zero attached hydrogens (tertiary/aromatic N) is 3. The zero-order chi connectivity index (χ0) is 19.4. The van der Waals surface area contributed by atoms with E-state index in [0.29, 0.717) is 11.6 Å². The van der Waals surface area contributed by atoms with E-state index in [2.05, 4.69) is 15.5 Å². The van der Waals surface area contributed by atoms with Crippen LogP contribution in [0.1, 0.15) is 30.8 Å². The molecule has 2 aromatic heterocycles. The van der Waals surface area contributed by atoms with Crippen LogP contribution in [0, 0.1) is 6.92 Å². The molecule has 3 rings (SSSR count). The predicted octanol–water partition coefficient (Wildman–Crippen LogP) is 4.48. The second-order valence-electron chi connectivity index (χ2n) is 5.99. The van der Waals surface area contributed by atoms with Crippen molar-refractivity contribution in [2.45, 2.75) is 43.9 Å². The Morgan fingerprint density at radius 1 is 1.33 bits per heavy atom. The molecule has 0 saturated carbocycles. The third-order valence-electron chi connectivity index (χ3n) is 4.13. The number of aryl methyl sites for hydroxylation is 2. The number of carbonyl (C=O) groups is 1. The second kappa shape index (κ2) is 8.67. The fraction of sp³-hybridized carbons (Fsp3) is 0.368. The fourth-order valence-electron chi connectivity index (χ4n) is 2.69. The first-order valence-electron chi connectivity index (χ1n) is 8.80. The molecule has 1 amide bonds. The molecule has 0 aliphatic rings. The van der Waals surface area contributed by atoms with Crippen LogP contribution in [0.25, 0.3) is 10.9 Å². The number of methoxy groups -OCH3 is 1. The van der Waals surface area contributed by atoms with Crippen LogP contribution in [-0.2, 0) is 11.2 Å². The lowest BCUT2D eigenvalue weighted by molar-refractivity contribution is -0.115. The number of pyridine rings is 1. The van der Waals surface area contributed by atoms with Crippen LogP contribution in [0.2, 0.25) is 0 Å². The van der Waals surface area contributed by atoms with Gasteiger partial charge in [0.25, 0.3) is 0 Å². The molecular weight excluding hydrogens is 380 g/mol. The molecule has 6 nitrogen and oxygen atoms in total. The zero-order valence-electron chi connectivity index (χ0n) is 15.8. The summed E-state index contributed by atoms with van der Waals surface area (Å²) in [5.41, 5.74) is 1.92. The van der Waals surface area contributed by atoms with E-state index in [4.69, 9.17) is 9.72 Å². The van der Waals surface area contributed by atoms with Gasteiger partial charge in [-0.25, -0.2) is 4.98 Å². The number of hydrogen-bond donors (Lipinski definition) is 1. The molecule has 0 saturated heterocycles. The summed E-state index contributed by atoms with van der Waals surface area (Å²) in [6.07, 6.45) is 1.49. The summed E-state index contributed by atoms with van der Waals surface area (Å²) in [4.78, 5) is 17.4. The number of amides is 1. The van der Waals surface area contributed by atoms with E-state index in [-0.39, 0.29) is 11.2 Å². The molecule has 142 valence electrons. The van der Waals surface area contributed by atoms with Crippen LogP contribution >= 0.6 is 23.1 Å². The topological polar surface area (TPSA) is 77.0 Å². The van der Waals surface area contributed by atoms with Crippen LogP contribution in [0.5, 0.6) is 5.75 Å². The van der Waals surface area contributed by atoms with Crippen molar-refractivity contribution in [2.24, 2.45) is 0 Å². The Kier molecular flexibility index (Phi) is 6.28. The number of benzene rings is 1. The SMILES string of the molecule is CCc1nnc(NC(=O)C(CC)Sc2cc(C)c3cccc(OC)c3n2)s1. The van der Waals surface area contributed by atoms with Crippen molar-refractivity contribution in [1.82, 2.24) is 15.2 Å². The maximum absolute atomic E-state index is 12.7. The highest BCUT2D eigenvalue weighted by molar-refractivity contribution is 8.00. The van der Waals surface area contributed by atoms with Crippen molar-refractivity contribution in [2.75, 3.05) is 12.4 Å². The smallest absolute Gasteiger partial charge is 0.239 e. The molecule has 1 aromatic carbocycles. The molecule has 27 heavy (non-hydrogen) atoms. The van der Waals surface area contributed by atoms with E-state index in [1.807, 2.05) is 45.0 Å². The van der Waals surface area contributed by atoms with Crippen molar-refractivity contribution in [1.29, 1.82) is 0 Å². The molecule has 1 N–H and O–H groups in total. The first-order valence-corrected chi connectivity index (χ1v) is 10.5. The Morgan fingerprint density at radius 2 is 2.15 bits per heavy atom. The Balaban J connectivity index is 1.82. The third-order valence-corrected chi connectivity index (χ3v) is 6.40. The van der Waals surface area contributed by atoms with Crippen LogP contribution in [-0.4, -0.2) is 33.4 Å². The average molecular weight is 403 g/mol. The molecule has 0 aliphatic heterocycles. The standard InChI is InChI=1S/C19H22N4O2S2/c1-5-14(18(24)21-19-23-22-15(6-2)27-19)26-16-10-11(3)12-8-7-9-13(25-4)17(12)20-16/h7-10,14H,5-6H2,1-4H3,(H,21,23,24). The first-order chi connectivity index (χ1) is 13.0. The van der Waals surface area contributed by atoms with Gasteiger partial charge < -0.3 is 4.74 Å². The summed E-state index contributed by atoms with van der Waals surface area (Å²) < 4.78 is 5.44. The Labute approximate surface area is 166 Å². The van der Waals surface area contributed by atoms with E-state index in [0.717, 1.165) is 38.7 Å². The van der Waals surface area contributed by atoms with Gasteiger partial charge in [-0.3, -0.25) is 10.1 Å². The first kappa shape index (κ1) is 19.6. The number of thioether (sulfide) groups is 1. The highest BCUT2D eigenvalue weighted by Gasteiger charge is 2.21. The van der Waals surface area contributed by atoms with Crippen molar-refractivity contribution >= 4 is 45.0 Å². The van der Waals surface area contributed by atoms with Gasteiger partial charge in [-0.1, -0.05) is 49.1 Å². The van der Waals surface area contributed by atoms with Gasteiger partial charge >= 0.3 is 0 Å². The highest BCUT2D eigenvalue weighted by Crippen LogP contribution is 2.32. The lowest BCUT2D eigenvalue weighted by Crippen LogP contribution is -2.24. The Morgan fingerprint density at radius 3 is 2.81 bits per heavy atom. The van der Waals surface area contributed by atoms with Crippen LogP contribution in [0.15, 0.2) is 29.3 Å². The van der Waals surface area contributed by atoms with Crippen LogP contribution in [0.4, 0.5) is 5.13 Å². The van der Waals surface area contributed by atoms with Gasteiger partial charge in [0.1, 0.15) is 16.3 Å². The van der Waals surface area contributed by atoms with Crippen LogP contribution < -0.4 is 10.1 Å². The number of anilines is 1. The van der Waals surface area contributed by atoms with Gasteiger partial charge in [-0.15, -0.1) is 10.2 Å². The number of fused-ring (bicyclic) bond motifs is 1. The van der Waals surface area contributed by atoms with E-state index in [9.17, 15) is 4.79 Å². The number of aromatic nitrogens is 3. The number of nitrogens with one attached hydrogen (secondary N) is 1. The minimum atomic E-state index is -0.266. The number of rotatable bonds is 7. The number of ether oxygens (including phenoxy) is 1. The van der Waals surface area contributed by atoms with Gasteiger partial charge in [-0.05, 0) is 37.5 Å². The Bertz CT molecular complexity index is 958. The van der Waals surface area contributed by atoms with Crippen molar-refractivity contribution < 1.29 is 9.53 Å². The summed E-state index contributed by atoms with van der Waals surface area (Å²) in [5.74, 6) is 0.650. The van der Waals surface area contributed by atoms with Crippen molar-refractivity contribution in [3.05, 3.63) is 34.8 Å². The maximum atomic E-state index is 12.7. The fourth-order valence-corrected chi connectivity index (χ4v) is 4.38. The monoisotopic (exact) mass is 402 g/mol. The Hall–Kier alpha value is -2.19. The summed E-state index contributed by atoms with van der Waals surface area (Å²) in [5, 5.41) is 14.0. The molecular formula is C19H22N4O2S2. The van der Waals surface area contributed by atoms with Gasteiger partial charge in [0, 0.05) is 5.39 Å². The lowest BCUT2D eigenvalue weighted by Gasteiger charge is -2.14. The maximum Gasteiger partial charge on any atom is 0.239 e. The number of carbonyl (C=O) groups excluding carboxylic acids is 1. The summed E-state index contributed by atoms with van der Waals surface area (Å²) in [6, 6.07) is 7.90. The molecule has 0 radical (unpaired) electrons. The molecule has 2 heterocycles. The quantitative estimate of drug-likeness (QED) is 0.587. The van der Waals surface area contributed by atoms with Gasteiger partial charge in [0.05, 0.1) is 17.4 Å². The molecule has 0 fully saturated rings. The minimum Gasteiger partial charge on any atom is -0.494 e. The zero-order valence-corrected chi connectivity index (χ0v) is 17.4. The molecule has 0 bridgehead atoms. The van der Waals surface area contributed by atoms with Crippen molar-refractivity contribution in [3.8, 4) is 5.75 Å². The molecule has 8 heteroatoms. The molecule has 0 spiro atoms. The molecule has 0 aliphatic carbocycles. The average Bonchev–Trinajstić information content (AvgIpc) is 3.13. The predicted molar refractivity (Wildman–Crippen MR) is 111 cm³/mol.